The summed E-state index contributed by atoms with van der Waals surface area (Å²) in [5.41, 5.74) is 0.562. The summed E-state index contributed by atoms with van der Waals surface area (Å²) in [6.45, 7) is 4.33. The third-order valence-corrected chi connectivity index (χ3v) is 3.12. The molecule has 1 heterocycles. The first kappa shape index (κ1) is 15.2. The van der Waals surface area contributed by atoms with E-state index < -0.39 is 4.92 Å². The second kappa shape index (κ2) is 6.49. The van der Waals surface area contributed by atoms with Gasteiger partial charge in [0.15, 0.2) is 0 Å². The molecule has 110 valence electrons. The molecule has 0 saturated heterocycles. The quantitative estimate of drug-likeness (QED) is 0.651. The minimum Gasteiger partial charge on any atom is -0.433 e. The SMILES string of the molecule is CCNc1ncc([N+](=O)[O-])c(Oc2cc(Br)ccc2C)n1. The number of benzene rings is 1. The van der Waals surface area contributed by atoms with Crippen molar-refractivity contribution in [2.45, 2.75) is 13.8 Å². The van der Waals surface area contributed by atoms with E-state index in [1.54, 1.807) is 6.07 Å². The Balaban J connectivity index is 2.43. The molecule has 21 heavy (non-hydrogen) atoms. The van der Waals surface area contributed by atoms with E-state index in [9.17, 15) is 10.1 Å². The molecule has 0 spiro atoms. The van der Waals surface area contributed by atoms with E-state index >= 15 is 0 Å². The van der Waals surface area contributed by atoms with Gasteiger partial charge >= 0.3 is 11.6 Å². The number of anilines is 1. The zero-order valence-electron chi connectivity index (χ0n) is 11.5. The number of ether oxygens (including phenoxy) is 1. The van der Waals surface area contributed by atoms with Gasteiger partial charge in [0.1, 0.15) is 11.9 Å². The molecule has 0 aliphatic carbocycles. The first-order valence-electron chi connectivity index (χ1n) is 6.20. The number of hydrogen-bond donors (Lipinski definition) is 1. The highest BCUT2D eigenvalue weighted by Crippen LogP contribution is 2.32. The van der Waals surface area contributed by atoms with Crippen LogP contribution in [0.15, 0.2) is 28.9 Å². The van der Waals surface area contributed by atoms with E-state index in [-0.39, 0.29) is 17.5 Å². The summed E-state index contributed by atoms with van der Waals surface area (Å²) in [6, 6.07) is 5.44. The average Bonchev–Trinajstić information content (AvgIpc) is 2.43. The lowest BCUT2D eigenvalue weighted by molar-refractivity contribution is -0.386. The zero-order chi connectivity index (χ0) is 15.4. The lowest BCUT2D eigenvalue weighted by Gasteiger charge is -2.09. The third-order valence-electron chi connectivity index (χ3n) is 2.62. The maximum absolute atomic E-state index is 11.0. The van der Waals surface area contributed by atoms with E-state index in [1.807, 2.05) is 26.0 Å². The summed E-state index contributed by atoms with van der Waals surface area (Å²) in [5.74, 6) is 0.687. The standard InChI is InChI=1S/C13H13BrN4O3/c1-3-15-13-16-7-10(18(19)20)12(17-13)21-11-6-9(14)5-4-8(11)2/h4-7H,3H2,1-2H3,(H,15,16,17). The molecule has 0 radical (unpaired) electrons. The van der Waals surface area contributed by atoms with Crippen LogP contribution in [0.3, 0.4) is 0 Å². The smallest absolute Gasteiger partial charge is 0.349 e. The van der Waals surface area contributed by atoms with Gasteiger partial charge in [-0.2, -0.15) is 4.98 Å². The summed E-state index contributed by atoms with van der Waals surface area (Å²) in [5, 5.41) is 13.9. The van der Waals surface area contributed by atoms with Gasteiger partial charge in [-0.25, -0.2) is 4.98 Å². The predicted molar refractivity (Wildman–Crippen MR) is 81.8 cm³/mol. The van der Waals surface area contributed by atoms with Crippen molar-refractivity contribution in [2.24, 2.45) is 0 Å². The van der Waals surface area contributed by atoms with Gasteiger partial charge in [-0.05, 0) is 31.5 Å². The highest BCUT2D eigenvalue weighted by atomic mass is 79.9. The fourth-order valence-corrected chi connectivity index (χ4v) is 1.93. The van der Waals surface area contributed by atoms with Gasteiger partial charge < -0.3 is 10.1 Å². The Morgan fingerprint density at radius 2 is 2.24 bits per heavy atom. The third kappa shape index (κ3) is 3.66. The molecule has 0 saturated carbocycles. The number of nitrogens with zero attached hydrogens (tertiary/aromatic N) is 3. The number of rotatable bonds is 5. The van der Waals surface area contributed by atoms with Crippen LogP contribution in [-0.2, 0) is 0 Å². The molecule has 0 aliphatic heterocycles. The predicted octanol–water partition coefficient (Wildman–Crippen LogP) is 3.68. The molecule has 8 heteroatoms. The second-order valence-corrected chi connectivity index (χ2v) is 5.10. The summed E-state index contributed by atoms with van der Waals surface area (Å²) in [4.78, 5) is 18.4. The number of hydrogen-bond acceptors (Lipinski definition) is 6. The van der Waals surface area contributed by atoms with E-state index in [2.05, 4.69) is 31.2 Å². The number of aromatic nitrogens is 2. The molecule has 0 amide bonds. The minimum atomic E-state index is -0.571. The molecule has 7 nitrogen and oxygen atoms in total. The number of halogens is 1. The van der Waals surface area contributed by atoms with Gasteiger partial charge in [-0.15, -0.1) is 0 Å². The Kier molecular flexibility index (Phi) is 4.69. The van der Waals surface area contributed by atoms with Gasteiger partial charge in [0.05, 0.1) is 4.92 Å². The van der Waals surface area contributed by atoms with Crippen LogP contribution in [0, 0.1) is 17.0 Å². The van der Waals surface area contributed by atoms with Crippen molar-refractivity contribution in [3.8, 4) is 11.6 Å². The Morgan fingerprint density at radius 3 is 2.90 bits per heavy atom. The van der Waals surface area contributed by atoms with E-state index in [1.165, 1.54) is 0 Å². The van der Waals surface area contributed by atoms with Crippen LogP contribution in [0.5, 0.6) is 11.6 Å². The van der Waals surface area contributed by atoms with Crippen molar-refractivity contribution in [1.82, 2.24) is 9.97 Å². The largest absolute Gasteiger partial charge is 0.433 e. The molecule has 0 fully saturated rings. The van der Waals surface area contributed by atoms with Crippen LogP contribution in [0.2, 0.25) is 0 Å². The summed E-state index contributed by atoms with van der Waals surface area (Å²) in [6.07, 6.45) is 1.13. The average molecular weight is 353 g/mol. The number of nitro groups is 1. The van der Waals surface area contributed by atoms with Crippen LogP contribution in [0.25, 0.3) is 0 Å². The molecule has 0 bridgehead atoms. The molecule has 2 aromatic rings. The van der Waals surface area contributed by atoms with Crippen molar-refractivity contribution >= 4 is 27.6 Å². The fourth-order valence-electron chi connectivity index (χ4n) is 1.59. The lowest BCUT2D eigenvalue weighted by atomic mass is 10.2. The lowest BCUT2D eigenvalue weighted by Crippen LogP contribution is -2.05. The molecule has 0 atom stereocenters. The number of nitrogens with one attached hydrogen (secondary N) is 1. The molecule has 1 N–H and O–H groups in total. The molecule has 2 rings (SSSR count). The summed E-state index contributed by atoms with van der Waals surface area (Å²) < 4.78 is 6.42. The van der Waals surface area contributed by atoms with Crippen molar-refractivity contribution in [3.63, 3.8) is 0 Å². The van der Waals surface area contributed by atoms with Gasteiger partial charge in [0.2, 0.25) is 5.95 Å². The van der Waals surface area contributed by atoms with E-state index in [0.29, 0.717) is 12.3 Å². The van der Waals surface area contributed by atoms with Gasteiger partial charge in [0.25, 0.3) is 0 Å². The summed E-state index contributed by atoms with van der Waals surface area (Å²) >= 11 is 3.34. The van der Waals surface area contributed by atoms with E-state index in [4.69, 9.17) is 4.74 Å². The maximum atomic E-state index is 11.0. The molecule has 0 unspecified atom stereocenters. The molecule has 0 aliphatic rings. The first-order valence-corrected chi connectivity index (χ1v) is 7.00. The first-order chi connectivity index (χ1) is 10.0. The normalized spacial score (nSPS) is 10.2. The molecule has 1 aromatic heterocycles. The Hall–Kier alpha value is -2.22. The van der Waals surface area contributed by atoms with E-state index in [0.717, 1.165) is 16.2 Å². The van der Waals surface area contributed by atoms with Crippen LogP contribution in [0.4, 0.5) is 11.6 Å². The molecular formula is C13H13BrN4O3. The van der Waals surface area contributed by atoms with Crippen LogP contribution >= 0.6 is 15.9 Å². The Bertz CT molecular complexity index is 678. The maximum Gasteiger partial charge on any atom is 0.349 e. The highest BCUT2D eigenvalue weighted by molar-refractivity contribution is 9.10. The topological polar surface area (TPSA) is 90.2 Å². The van der Waals surface area contributed by atoms with Crippen molar-refractivity contribution in [1.29, 1.82) is 0 Å². The van der Waals surface area contributed by atoms with Gasteiger partial charge in [-0.3, -0.25) is 10.1 Å². The van der Waals surface area contributed by atoms with Crippen LogP contribution in [0.1, 0.15) is 12.5 Å². The van der Waals surface area contributed by atoms with Crippen LogP contribution in [-0.4, -0.2) is 21.4 Å². The van der Waals surface area contributed by atoms with Gasteiger partial charge in [-0.1, -0.05) is 22.0 Å². The highest BCUT2D eigenvalue weighted by Gasteiger charge is 2.20. The van der Waals surface area contributed by atoms with Crippen molar-refractivity contribution in [2.75, 3.05) is 11.9 Å². The summed E-state index contributed by atoms with van der Waals surface area (Å²) in [7, 11) is 0. The Morgan fingerprint density at radius 1 is 1.48 bits per heavy atom. The van der Waals surface area contributed by atoms with Crippen molar-refractivity contribution in [3.05, 3.63) is 44.5 Å². The Labute approximate surface area is 129 Å². The monoisotopic (exact) mass is 352 g/mol. The zero-order valence-corrected chi connectivity index (χ0v) is 13.0. The minimum absolute atomic E-state index is 0.0906. The fraction of sp³-hybridized carbons (Fsp3) is 0.231. The molecule has 1 aromatic carbocycles. The molecular weight excluding hydrogens is 340 g/mol. The van der Waals surface area contributed by atoms with Crippen LogP contribution < -0.4 is 10.1 Å². The second-order valence-electron chi connectivity index (χ2n) is 4.18. The number of aryl methyl sites for hydroxylation is 1. The van der Waals surface area contributed by atoms with Gasteiger partial charge in [0, 0.05) is 11.0 Å². The van der Waals surface area contributed by atoms with Crippen molar-refractivity contribution < 1.29 is 9.66 Å².